The second-order valence-corrected chi connectivity index (χ2v) is 4.55. The van der Waals surface area contributed by atoms with Gasteiger partial charge >= 0.3 is 0 Å². The van der Waals surface area contributed by atoms with Crippen LogP contribution in [0.15, 0.2) is 37.2 Å². The molecule has 2 rings (SSSR count). The number of hydrogen-bond donors (Lipinski definition) is 1. The van der Waals surface area contributed by atoms with E-state index in [1.54, 1.807) is 6.33 Å². The van der Waals surface area contributed by atoms with Crippen LogP contribution in [-0.2, 0) is 19.6 Å². The van der Waals surface area contributed by atoms with E-state index >= 15 is 0 Å². The Morgan fingerprint density at radius 1 is 1.45 bits per heavy atom. The highest BCUT2D eigenvalue weighted by Crippen LogP contribution is 2.23. The van der Waals surface area contributed by atoms with Gasteiger partial charge < -0.3 is 10.5 Å². The van der Waals surface area contributed by atoms with E-state index in [0.29, 0.717) is 6.61 Å². The Balaban J connectivity index is 2.10. The number of aryl methyl sites for hydroxylation is 1. The summed E-state index contributed by atoms with van der Waals surface area (Å²) in [5.41, 5.74) is 7.55. The molecule has 106 valence electrons. The van der Waals surface area contributed by atoms with Gasteiger partial charge in [0.05, 0.1) is 0 Å². The van der Waals surface area contributed by atoms with E-state index in [2.05, 4.69) is 23.6 Å². The maximum absolute atomic E-state index is 5.85. The van der Waals surface area contributed by atoms with Crippen LogP contribution in [0.1, 0.15) is 24.7 Å². The van der Waals surface area contributed by atoms with Gasteiger partial charge in [0.25, 0.3) is 0 Å². The number of aromatic nitrogens is 3. The number of nitrogen functional groups attached to an aromatic ring is 1. The van der Waals surface area contributed by atoms with Crippen LogP contribution in [-0.4, -0.2) is 14.8 Å². The van der Waals surface area contributed by atoms with Crippen molar-refractivity contribution < 1.29 is 4.74 Å². The molecule has 1 aromatic carbocycles. The minimum absolute atomic E-state index is 0.397. The normalized spacial score (nSPS) is 10.4. The summed E-state index contributed by atoms with van der Waals surface area (Å²) in [6, 6.07) is 5.63. The Labute approximate surface area is 119 Å². The lowest BCUT2D eigenvalue weighted by Crippen LogP contribution is -2.09. The van der Waals surface area contributed by atoms with Gasteiger partial charge in [0.2, 0.25) is 0 Å². The summed E-state index contributed by atoms with van der Waals surface area (Å²) in [6.45, 7) is 7.10. The van der Waals surface area contributed by atoms with Crippen LogP contribution in [0.25, 0.3) is 0 Å². The number of nitrogens with zero attached hydrogens (tertiary/aromatic N) is 3. The van der Waals surface area contributed by atoms with Crippen LogP contribution in [0.4, 0.5) is 5.69 Å². The van der Waals surface area contributed by atoms with E-state index in [0.717, 1.165) is 42.2 Å². The molecule has 0 aliphatic carbocycles. The average molecular weight is 272 g/mol. The third-order valence-electron chi connectivity index (χ3n) is 2.94. The SMILES string of the molecule is C=CCc1cc(N)ccc1OCc1ncnn1CCC. The molecule has 0 saturated carbocycles. The van der Waals surface area contributed by atoms with Gasteiger partial charge in [0.1, 0.15) is 18.7 Å². The summed E-state index contributed by atoms with van der Waals surface area (Å²) < 4.78 is 7.71. The van der Waals surface area contributed by atoms with Crippen LogP contribution in [0.5, 0.6) is 5.75 Å². The Morgan fingerprint density at radius 2 is 2.30 bits per heavy atom. The second-order valence-electron chi connectivity index (χ2n) is 4.55. The van der Waals surface area contributed by atoms with Crippen molar-refractivity contribution >= 4 is 5.69 Å². The zero-order chi connectivity index (χ0) is 14.4. The van der Waals surface area contributed by atoms with Crippen molar-refractivity contribution in [1.29, 1.82) is 0 Å². The number of rotatable bonds is 7. The first kappa shape index (κ1) is 14.1. The van der Waals surface area contributed by atoms with E-state index < -0.39 is 0 Å². The second kappa shape index (κ2) is 6.75. The van der Waals surface area contributed by atoms with Crippen LogP contribution < -0.4 is 10.5 Å². The van der Waals surface area contributed by atoms with Crippen molar-refractivity contribution in [3.8, 4) is 5.75 Å². The molecule has 0 fully saturated rings. The number of hydrogen-bond acceptors (Lipinski definition) is 4. The molecule has 0 saturated heterocycles. The first-order valence-electron chi connectivity index (χ1n) is 6.73. The molecule has 0 aliphatic heterocycles. The Bertz CT molecular complexity index is 577. The molecule has 0 unspecified atom stereocenters. The van der Waals surface area contributed by atoms with Crippen LogP contribution in [0.3, 0.4) is 0 Å². The van der Waals surface area contributed by atoms with Crippen molar-refractivity contribution in [1.82, 2.24) is 14.8 Å². The Hall–Kier alpha value is -2.30. The lowest BCUT2D eigenvalue weighted by atomic mass is 10.1. The number of benzene rings is 1. The Kier molecular flexibility index (Phi) is 4.76. The number of allylic oxidation sites excluding steroid dienone is 1. The third kappa shape index (κ3) is 3.38. The standard InChI is InChI=1S/C15H20N4O/c1-3-5-12-9-13(16)6-7-14(12)20-10-15-17-11-18-19(15)8-4-2/h3,6-7,9,11H,1,4-5,8,10,16H2,2H3. The van der Waals surface area contributed by atoms with Gasteiger partial charge in [0, 0.05) is 12.2 Å². The fourth-order valence-corrected chi connectivity index (χ4v) is 2.00. The van der Waals surface area contributed by atoms with E-state index in [1.807, 2.05) is 29.0 Å². The third-order valence-corrected chi connectivity index (χ3v) is 2.94. The fourth-order valence-electron chi connectivity index (χ4n) is 2.00. The van der Waals surface area contributed by atoms with Gasteiger partial charge in [-0.05, 0) is 36.6 Å². The molecule has 5 heteroatoms. The van der Waals surface area contributed by atoms with Crippen molar-refractivity contribution in [2.24, 2.45) is 0 Å². The van der Waals surface area contributed by atoms with Gasteiger partial charge in [-0.15, -0.1) is 6.58 Å². The molecule has 0 aliphatic rings. The van der Waals surface area contributed by atoms with Gasteiger partial charge in [0.15, 0.2) is 5.82 Å². The molecule has 2 N–H and O–H groups in total. The maximum atomic E-state index is 5.85. The summed E-state index contributed by atoms with van der Waals surface area (Å²) in [5.74, 6) is 1.64. The molecule has 1 heterocycles. The quantitative estimate of drug-likeness (QED) is 0.621. The zero-order valence-electron chi connectivity index (χ0n) is 11.7. The van der Waals surface area contributed by atoms with Crippen molar-refractivity contribution in [3.05, 3.63) is 48.6 Å². The van der Waals surface area contributed by atoms with E-state index in [-0.39, 0.29) is 0 Å². The Morgan fingerprint density at radius 3 is 3.05 bits per heavy atom. The molecule has 5 nitrogen and oxygen atoms in total. The first-order valence-corrected chi connectivity index (χ1v) is 6.73. The number of anilines is 1. The van der Waals surface area contributed by atoms with E-state index in [4.69, 9.17) is 10.5 Å². The number of ether oxygens (including phenoxy) is 1. The van der Waals surface area contributed by atoms with Crippen molar-refractivity contribution in [2.75, 3.05) is 5.73 Å². The summed E-state index contributed by atoms with van der Waals surface area (Å²) in [7, 11) is 0. The van der Waals surface area contributed by atoms with Crippen molar-refractivity contribution in [3.63, 3.8) is 0 Å². The largest absolute Gasteiger partial charge is 0.485 e. The topological polar surface area (TPSA) is 66.0 Å². The predicted octanol–water partition coefficient (Wildman–Crippen LogP) is 2.58. The highest BCUT2D eigenvalue weighted by atomic mass is 16.5. The molecule has 0 amide bonds. The average Bonchev–Trinajstić information content (AvgIpc) is 2.86. The monoisotopic (exact) mass is 272 g/mol. The highest BCUT2D eigenvalue weighted by molar-refractivity contribution is 5.48. The van der Waals surface area contributed by atoms with Gasteiger partial charge in [-0.25, -0.2) is 9.67 Å². The maximum Gasteiger partial charge on any atom is 0.164 e. The summed E-state index contributed by atoms with van der Waals surface area (Å²) in [5, 5.41) is 4.18. The lowest BCUT2D eigenvalue weighted by molar-refractivity contribution is 0.284. The smallest absolute Gasteiger partial charge is 0.164 e. The molecule has 2 aromatic rings. The first-order chi connectivity index (χ1) is 9.74. The van der Waals surface area contributed by atoms with E-state index in [9.17, 15) is 0 Å². The molecule has 0 spiro atoms. The molecule has 0 bridgehead atoms. The van der Waals surface area contributed by atoms with Gasteiger partial charge in [-0.1, -0.05) is 13.0 Å². The van der Waals surface area contributed by atoms with Gasteiger partial charge in [-0.2, -0.15) is 5.10 Å². The van der Waals surface area contributed by atoms with Crippen LogP contribution in [0.2, 0.25) is 0 Å². The zero-order valence-corrected chi connectivity index (χ0v) is 11.7. The highest BCUT2D eigenvalue weighted by Gasteiger charge is 2.07. The van der Waals surface area contributed by atoms with Crippen LogP contribution in [0, 0.1) is 0 Å². The van der Waals surface area contributed by atoms with E-state index in [1.165, 1.54) is 0 Å². The molecule has 0 radical (unpaired) electrons. The fraction of sp³-hybridized carbons (Fsp3) is 0.333. The molecular formula is C15H20N4O. The summed E-state index contributed by atoms with van der Waals surface area (Å²) in [4.78, 5) is 4.23. The van der Waals surface area contributed by atoms with Crippen LogP contribution >= 0.6 is 0 Å². The predicted molar refractivity (Wildman–Crippen MR) is 79.4 cm³/mol. The minimum Gasteiger partial charge on any atom is -0.485 e. The minimum atomic E-state index is 0.397. The summed E-state index contributed by atoms with van der Waals surface area (Å²) in [6.07, 6.45) is 5.13. The lowest BCUT2D eigenvalue weighted by Gasteiger charge is -2.11. The molecule has 20 heavy (non-hydrogen) atoms. The number of nitrogens with two attached hydrogens (primary N) is 1. The molecule has 1 aromatic heterocycles. The summed E-state index contributed by atoms with van der Waals surface area (Å²) >= 11 is 0. The van der Waals surface area contributed by atoms with Gasteiger partial charge in [-0.3, -0.25) is 0 Å². The van der Waals surface area contributed by atoms with Crippen molar-refractivity contribution in [2.45, 2.75) is 32.9 Å². The molecule has 0 atom stereocenters. The molecular weight excluding hydrogens is 252 g/mol.